The van der Waals surface area contributed by atoms with Crippen molar-refractivity contribution in [2.24, 2.45) is 0 Å². The molecule has 170 valence electrons. The number of rotatable bonds is 8. The van der Waals surface area contributed by atoms with Crippen LogP contribution in [0.15, 0.2) is 48.5 Å². The lowest BCUT2D eigenvalue weighted by Gasteiger charge is -2.19. The maximum absolute atomic E-state index is 12.8. The molecule has 2 rings (SSSR count). The largest absolute Gasteiger partial charge is 0.474 e. The number of amides is 1. The molecule has 7 heteroatoms. The maximum atomic E-state index is 12.8. The molecule has 0 saturated heterocycles. The Balaban J connectivity index is 2.11. The second-order valence-electron chi connectivity index (χ2n) is 7.46. The Bertz CT molecular complexity index is 955. The fraction of sp³-hybridized carbons (Fsp3) is 0.360. The van der Waals surface area contributed by atoms with Crippen LogP contribution in [0, 0.1) is 11.8 Å². The van der Waals surface area contributed by atoms with Crippen LogP contribution in [0.5, 0.6) is 0 Å². The van der Waals surface area contributed by atoms with E-state index in [1.165, 1.54) is 25.0 Å². The average Bonchev–Trinajstić information content (AvgIpc) is 2.76. The SMILES string of the molecule is CCCCCCC#Cc1ccc(CC(NC(=O)C(=O)O)c2ccc(C(F)(F)F)cc2)cc1. The molecular weight excluding hydrogens is 419 g/mol. The van der Waals surface area contributed by atoms with Crippen molar-refractivity contribution in [1.29, 1.82) is 0 Å². The van der Waals surface area contributed by atoms with Gasteiger partial charge in [-0.1, -0.05) is 62.3 Å². The Morgan fingerprint density at radius 3 is 2.22 bits per heavy atom. The number of hydrogen-bond donors (Lipinski definition) is 2. The monoisotopic (exact) mass is 445 g/mol. The van der Waals surface area contributed by atoms with Crippen molar-refractivity contribution in [1.82, 2.24) is 5.32 Å². The molecule has 0 aromatic heterocycles. The summed E-state index contributed by atoms with van der Waals surface area (Å²) in [6.07, 6.45) is 1.18. The number of carbonyl (C=O) groups excluding carboxylic acids is 1. The average molecular weight is 445 g/mol. The number of carboxylic acid groups (broad SMARTS) is 1. The van der Waals surface area contributed by atoms with Crippen molar-refractivity contribution in [3.05, 3.63) is 70.8 Å². The van der Waals surface area contributed by atoms with Gasteiger partial charge in [0.15, 0.2) is 0 Å². The second-order valence-corrected chi connectivity index (χ2v) is 7.46. The van der Waals surface area contributed by atoms with Crippen LogP contribution in [-0.4, -0.2) is 17.0 Å². The lowest BCUT2D eigenvalue weighted by molar-refractivity contribution is -0.150. The lowest BCUT2D eigenvalue weighted by Crippen LogP contribution is -2.35. The van der Waals surface area contributed by atoms with Gasteiger partial charge in [0.1, 0.15) is 0 Å². The number of aliphatic carboxylic acids is 1. The summed E-state index contributed by atoms with van der Waals surface area (Å²) >= 11 is 0. The molecule has 0 aliphatic heterocycles. The molecule has 2 aromatic rings. The molecule has 0 aliphatic rings. The van der Waals surface area contributed by atoms with Gasteiger partial charge in [-0.3, -0.25) is 4.79 Å². The molecule has 0 spiro atoms. The Morgan fingerprint density at radius 2 is 1.66 bits per heavy atom. The topological polar surface area (TPSA) is 66.4 Å². The van der Waals surface area contributed by atoms with Crippen molar-refractivity contribution in [3.63, 3.8) is 0 Å². The molecule has 0 fully saturated rings. The maximum Gasteiger partial charge on any atom is 0.416 e. The summed E-state index contributed by atoms with van der Waals surface area (Å²) < 4.78 is 38.5. The number of carboxylic acids is 1. The van der Waals surface area contributed by atoms with Crippen LogP contribution < -0.4 is 5.32 Å². The molecule has 1 unspecified atom stereocenters. The van der Waals surface area contributed by atoms with E-state index in [9.17, 15) is 22.8 Å². The van der Waals surface area contributed by atoms with Gasteiger partial charge in [0, 0.05) is 12.0 Å². The van der Waals surface area contributed by atoms with E-state index in [0.29, 0.717) is 5.56 Å². The number of unbranched alkanes of at least 4 members (excludes halogenated alkanes) is 4. The van der Waals surface area contributed by atoms with E-state index in [1.807, 2.05) is 24.3 Å². The van der Waals surface area contributed by atoms with E-state index in [2.05, 4.69) is 24.1 Å². The first-order valence-electron chi connectivity index (χ1n) is 10.5. The molecule has 0 heterocycles. The minimum absolute atomic E-state index is 0.217. The van der Waals surface area contributed by atoms with Gasteiger partial charge in [0.2, 0.25) is 0 Å². The van der Waals surface area contributed by atoms with E-state index in [-0.39, 0.29) is 6.42 Å². The van der Waals surface area contributed by atoms with E-state index in [4.69, 9.17) is 5.11 Å². The van der Waals surface area contributed by atoms with Crippen LogP contribution in [0.1, 0.15) is 67.3 Å². The summed E-state index contributed by atoms with van der Waals surface area (Å²) in [5.74, 6) is 3.35. The summed E-state index contributed by atoms with van der Waals surface area (Å²) in [5.41, 5.74) is 1.18. The fourth-order valence-corrected chi connectivity index (χ4v) is 3.14. The lowest BCUT2D eigenvalue weighted by atomic mass is 9.97. The number of nitrogens with one attached hydrogen (secondary N) is 1. The number of halogens is 3. The highest BCUT2D eigenvalue weighted by molar-refractivity contribution is 6.31. The van der Waals surface area contributed by atoms with Gasteiger partial charge in [0.05, 0.1) is 11.6 Å². The fourth-order valence-electron chi connectivity index (χ4n) is 3.14. The number of carbonyl (C=O) groups is 2. The van der Waals surface area contributed by atoms with E-state index in [0.717, 1.165) is 42.5 Å². The summed E-state index contributed by atoms with van der Waals surface area (Å²) in [5, 5.41) is 11.3. The summed E-state index contributed by atoms with van der Waals surface area (Å²) in [4.78, 5) is 22.7. The molecule has 32 heavy (non-hydrogen) atoms. The smallest absolute Gasteiger partial charge is 0.416 e. The molecule has 0 aliphatic carbocycles. The first-order chi connectivity index (χ1) is 15.2. The van der Waals surface area contributed by atoms with Crippen molar-refractivity contribution < 1.29 is 27.9 Å². The third-order valence-corrected chi connectivity index (χ3v) is 4.92. The highest BCUT2D eigenvalue weighted by Gasteiger charge is 2.30. The quantitative estimate of drug-likeness (QED) is 0.320. The minimum atomic E-state index is -4.48. The van der Waals surface area contributed by atoms with Crippen molar-refractivity contribution in [2.75, 3.05) is 0 Å². The highest BCUT2D eigenvalue weighted by atomic mass is 19.4. The van der Waals surface area contributed by atoms with E-state index < -0.39 is 29.7 Å². The predicted octanol–water partition coefficient (Wildman–Crippen LogP) is 5.51. The van der Waals surface area contributed by atoms with Crippen LogP contribution in [0.2, 0.25) is 0 Å². The van der Waals surface area contributed by atoms with Crippen LogP contribution in [0.3, 0.4) is 0 Å². The Morgan fingerprint density at radius 1 is 1.00 bits per heavy atom. The first-order valence-corrected chi connectivity index (χ1v) is 10.5. The third kappa shape index (κ3) is 8.10. The Labute approximate surface area is 185 Å². The van der Waals surface area contributed by atoms with Gasteiger partial charge < -0.3 is 10.4 Å². The zero-order valence-electron chi connectivity index (χ0n) is 17.8. The molecule has 0 radical (unpaired) electrons. The normalized spacial score (nSPS) is 11.9. The standard InChI is InChI=1S/C25H26F3NO3/c1-2-3-4-5-6-7-8-18-9-11-19(12-10-18)17-22(29-23(30)24(31)32)20-13-15-21(16-14-20)25(26,27)28/h9-16,22H,2-6,17H2,1H3,(H,29,30)(H,31,32). The molecule has 0 bridgehead atoms. The van der Waals surface area contributed by atoms with Gasteiger partial charge in [0.25, 0.3) is 0 Å². The van der Waals surface area contributed by atoms with Gasteiger partial charge in [-0.15, -0.1) is 0 Å². The van der Waals surface area contributed by atoms with Crippen molar-refractivity contribution in [3.8, 4) is 11.8 Å². The van der Waals surface area contributed by atoms with Crippen LogP contribution in [0.4, 0.5) is 13.2 Å². The molecule has 2 N–H and O–H groups in total. The predicted molar refractivity (Wildman–Crippen MR) is 116 cm³/mol. The molecule has 0 saturated carbocycles. The molecule has 4 nitrogen and oxygen atoms in total. The highest BCUT2D eigenvalue weighted by Crippen LogP contribution is 2.30. The van der Waals surface area contributed by atoms with Gasteiger partial charge >= 0.3 is 18.1 Å². The summed E-state index contributed by atoms with van der Waals surface area (Å²) in [6, 6.07) is 10.8. The Kier molecular flexibility index (Phi) is 9.33. The van der Waals surface area contributed by atoms with Crippen LogP contribution in [-0.2, 0) is 22.2 Å². The van der Waals surface area contributed by atoms with E-state index in [1.54, 1.807) is 0 Å². The van der Waals surface area contributed by atoms with Crippen LogP contribution in [0.25, 0.3) is 0 Å². The zero-order valence-corrected chi connectivity index (χ0v) is 17.8. The molecule has 1 atom stereocenters. The molecule has 1 amide bonds. The minimum Gasteiger partial charge on any atom is -0.474 e. The Hall–Kier alpha value is -3.27. The number of hydrogen-bond acceptors (Lipinski definition) is 2. The first kappa shape index (κ1) is 25.0. The second kappa shape index (κ2) is 11.9. The number of benzene rings is 2. The van der Waals surface area contributed by atoms with Crippen LogP contribution >= 0.6 is 0 Å². The molecular formula is C25H26F3NO3. The van der Waals surface area contributed by atoms with Gasteiger partial charge in [-0.2, -0.15) is 13.2 Å². The van der Waals surface area contributed by atoms with Gasteiger partial charge in [-0.25, -0.2) is 4.79 Å². The summed E-state index contributed by atoms with van der Waals surface area (Å²) in [6.45, 7) is 2.16. The number of alkyl halides is 3. The van der Waals surface area contributed by atoms with Crippen molar-refractivity contribution >= 4 is 11.9 Å². The third-order valence-electron chi connectivity index (χ3n) is 4.92. The molecule has 2 aromatic carbocycles. The summed E-state index contributed by atoms with van der Waals surface area (Å²) in [7, 11) is 0. The zero-order chi connectivity index (χ0) is 23.6. The van der Waals surface area contributed by atoms with Gasteiger partial charge in [-0.05, 0) is 48.2 Å². The van der Waals surface area contributed by atoms with Crippen molar-refractivity contribution in [2.45, 2.75) is 57.7 Å². The van der Waals surface area contributed by atoms with E-state index >= 15 is 0 Å².